The van der Waals surface area contributed by atoms with Crippen molar-refractivity contribution in [2.75, 3.05) is 13.7 Å². The Morgan fingerprint density at radius 3 is 2.95 bits per heavy atom. The zero-order valence-electron chi connectivity index (χ0n) is 11.5. The second-order valence-corrected chi connectivity index (χ2v) is 5.11. The summed E-state index contributed by atoms with van der Waals surface area (Å²) in [5, 5.41) is 0. The summed E-state index contributed by atoms with van der Waals surface area (Å²) in [5.74, 6) is -1.01. The van der Waals surface area contributed by atoms with Crippen molar-refractivity contribution in [3.8, 4) is 0 Å². The van der Waals surface area contributed by atoms with Gasteiger partial charge in [-0.15, -0.1) is 6.58 Å². The molecular formula is C14H20O5. The van der Waals surface area contributed by atoms with E-state index in [4.69, 9.17) is 18.9 Å². The third kappa shape index (κ3) is 3.05. The minimum atomic E-state index is -0.662. The summed E-state index contributed by atoms with van der Waals surface area (Å²) in [6.45, 7) is 7.72. The Morgan fingerprint density at radius 1 is 1.58 bits per heavy atom. The van der Waals surface area contributed by atoms with Gasteiger partial charge >= 0.3 is 5.97 Å². The minimum Gasteiger partial charge on any atom is -0.466 e. The first-order valence-electron chi connectivity index (χ1n) is 6.34. The summed E-state index contributed by atoms with van der Waals surface area (Å²) in [4.78, 5) is 11.7. The molecular weight excluding hydrogens is 248 g/mol. The molecule has 0 amide bonds. The molecule has 19 heavy (non-hydrogen) atoms. The maximum absolute atomic E-state index is 11.7. The molecule has 0 bridgehead atoms. The maximum atomic E-state index is 11.7. The van der Waals surface area contributed by atoms with Crippen molar-refractivity contribution in [1.82, 2.24) is 0 Å². The van der Waals surface area contributed by atoms with Crippen molar-refractivity contribution in [2.24, 2.45) is 0 Å². The fourth-order valence-electron chi connectivity index (χ4n) is 2.48. The van der Waals surface area contributed by atoms with Gasteiger partial charge in [-0.05, 0) is 19.9 Å². The van der Waals surface area contributed by atoms with Gasteiger partial charge in [0.15, 0.2) is 5.79 Å². The molecule has 3 atom stereocenters. The molecule has 0 aromatic rings. The van der Waals surface area contributed by atoms with E-state index >= 15 is 0 Å². The fraction of sp³-hybridized carbons (Fsp3) is 0.643. The van der Waals surface area contributed by atoms with Crippen LogP contribution in [0.2, 0.25) is 0 Å². The van der Waals surface area contributed by atoms with Crippen LogP contribution in [0, 0.1) is 0 Å². The molecule has 1 saturated heterocycles. The molecule has 1 aliphatic carbocycles. The second-order valence-electron chi connectivity index (χ2n) is 5.11. The molecule has 2 rings (SSSR count). The van der Waals surface area contributed by atoms with E-state index in [-0.39, 0.29) is 24.3 Å². The van der Waals surface area contributed by atoms with Crippen LogP contribution in [0.3, 0.4) is 0 Å². The molecule has 0 spiro atoms. The van der Waals surface area contributed by atoms with E-state index in [0.29, 0.717) is 18.6 Å². The fourth-order valence-corrected chi connectivity index (χ4v) is 2.48. The van der Waals surface area contributed by atoms with Gasteiger partial charge < -0.3 is 18.9 Å². The highest BCUT2D eigenvalue weighted by Gasteiger charge is 2.48. The highest BCUT2D eigenvalue weighted by molar-refractivity contribution is 5.88. The second kappa shape index (κ2) is 5.45. The molecule has 1 heterocycles. The molecule has 1 fully saturated rings. The minimum absolute atomic E-state index is 0.191. The molecule has 0 N–H and O–H groups in total. The lowest BCUT2D eigenvalue weighted by Gasteiger charge is -2.29. The van der Waals surface area contributed by atoms with Crippen molar-refractivity contribution in [1.29, 1.82) is 0 Å². The van der Waals surface area contributed by atoms with Gasteiger partial charge in [-0.1, -0.05) is 6.08 Å². The highest BCUT2D eigenvalue weighted by atomic mass is 16.8. The first-order chi connectivity index (χ1) is 8.96. The smallest absolute Gasteiger partial charge is 0.333 e. The van der Waals surface area contributed by atoms with E-state index in [1.165, 1.54) is 7.11 Å². The topological polar surface area (TPSA) is 54.0 Å². The van der Waals surface area contributed by atoms with Gasteiger partial charge in [0, 0.05) is 12.0 Å². The van der Waals surface area contributed by atoms with Gasteiger partial charge in [0.05, 0.1) is 19.8 Å². The molecule has 106 valence electrons. The lowest BCUT2D eigenvalue weighted by atomic mass is 9.92. The Hall–Kier alpha value is -1.17. The normalized spacial score (nSPS) is 32.4. The van der Waals surface area contributed by atoms with Crippen LogP contribution < -0.4 is 0 Å². The largest absolute Gasteiger partial charge is 0.466 e. The van der Waals surface area contributed by atoms with Gasteiger partial charge in [-0.2, -0.15) is 0 Å². The maximum Gasteiger partial charge on any atom is 0.333 e. The number of fused-ring (bicyclic) bond motifs is 1. The summed E-state index contributed by atoms with van der Waals surface area (Å²) in [5.41, 5.74) is 0.569. The lowest BCUT2D eigenvalue weighted by molar-refractivity contribution is -0.154. The summed E-state index contributed by atoms with van der Waals surface area (Å²) in [7, 11) is 1.37. The summed E-state index contributed by atoms with van der Waals surface area (Å²) >= 11 is 0. The predicted octanol–water partition coefficient (Wildman–Crippen LogP) is 1.58. The first-order valence-corrected chi connectivity index (χ1v) is 6.34. The Balaban J connectivity index is 2.19. The van der Waals surface area contributed by atoms with Crippen molar-refractivity contribution < 1.29 is 23.7 Å². The molecule has 0 unspecified atom stereocenters. The third-order valence-corrected chi connectivity index (χ3v) is 3.19. The van der Waals surface area contributed by atoms with Crippen LogP contribution in [0.5, 0.6) is 0 Å². The van der Waals surface area contributed by atoms with Crippen molar-refractivity contribution >= 4 is 5.97 Å². The van der Waals surface area contributed by atoms with Gasteiger partial charge in [0.25, 0.3) is 0 Å². The number of methoxy groups -OCH3 is 1. The number of hydrogen-bond donors (Lipinski definition) is 0. The van der Waals surface area contributed by atoms with Gasteiger partial charge in [0.1, 0.15) is 12.2 Å². The van der Waals surface area contributed by atoms with Crippen LogP contribution in [0.15, 0.2) is 24.3 Å². The predicted molar refractivity (Wildman–Crippen MR) is 68.5 cm³/mol. The molecule has 1 aliphatic heterocycles. The van der Waals surface area contributed by atoms with Gasteiger partial charge in [-0.25, -0.2) is 4.79 Å². The molecule has 5 heteroatoms. The Morgan fingerprint density at radius 2 is 2.32 bits per heavy atom. The number of carbonyl (C=O) groups is 1. The number of rotatable bonds is 4. The van der Waals surface area contributed by atoms with E-state index in [9.17, 15) is 4.79 Å². The molecule has 0 aromatic carbocycles. The summed E-state index contributed by atoms with van der Waals surface area (Å²) < 4.78 is 22.1. The Kier molecular flexibility index (Phi) is 4.08. The molecule has 0 saturated carbocycles. The number of ether oxygens (including phenoxy) is 4. The van der Waals surface area contributed by atoms with Crippen LogP contribution in [0.1, 0.15) is 20.3 Å². The van der Waals surface area contributed by atoms with Crippen LogP contribution in [0.4, 0.5) is 0 Å². The van der Waals surface area contributed by atoms with Crippen molar-refractivity contribution in [3.05, 3.63) is 24.3 Å². The molecule has 0 aromatic heterocycles. The number of esters is 1. The molecule has 0 radical (unpaired) electrons. The lowest BCUT2D eigenvalue weighted by Crippen LogP contribution is -2.40. The SMILES string of the molecule is C=CCO[C@H]1C=C(C(=O)OC)C[C@H]2OC(C)(C)O[C@@H]12. The summed E-state index contributed by atoms with van der Waals surface area (Å²) in [6.07, 6.45) is 3.19. The third-order valence-electron chi connectivity index (χ3n) is 3.19. The Labute approximate surface area is 113 Å². The van der Waals surface area contributed by atoms with Crippen molar-refractivity contribution in [2.45, 2.75) is 44.4 Å². The van der Waals surface area contributed by atoms with E-state index in [1.54, 1.807) is 12.2 Å². The molecule has 5 nitrogen and oxygen atoms in total. The zero-order chi connectivity index (χ0) is 14.0. The van der Waals surface area contributed by atoms with Crippen molar-refractivity contribution in [3.63, 3.8) is 0 Å². The monoisotopic (exact) mass is 268 g/mol. The standard InChI is InChI=1S/C14H20O5/c1-5-6-17-10-7-9(13(15)16-4)8-11-12(10)19-14(2,3)18-11/h5,7,10-12H,1,6,8H2,2-4H3/t10-,11+,12-/m0/s1. The van der Waals surface area contributed by atoms with Crippen LogP contribution >= 0.6 is 0 Å². The van der Waals surface area contributed by atoms with E-state index in [0.717, 1.165) is 0 Å². The van der Waals surface area contributed by atoms with Crippen LogP contribution in [-0.4, -0.2) is 43.8 Å². The van der Waals surface area contributed by atoms with E-state index in [1.807, 2.05) is 13.8 Å². The van der Waals surface area contributed by atoms with E-state index < -0.39 is 5.79 Å². The van der Waals surface area contributed by atoms with E-state index in [2.05, 4.69) is 6.58 Å². The van der Waals surface area contributed by atoms with Gasteiger partial charge in [-0.3, -0.25) is 0 Å². The highest BCUT2D eigenvalue weighted by Crippen LogP contribution is 2.37. The van der Waals surface area contributed by atoms with Gasteiger partial charge in [0.2, 0.25) is 0 Å². The average molecular weight is 268 g/mol. The number of hydrogen-bond acceptors (Lipinski definition) is 5. The number of carbonyl (C=O) groups excluding carboxylic acids is 1. The quantitative estimate of drug-likeness (QED) is 0.572. The Bertz CT molecular complexity index is 399. The molecule has 2 aliphatic rings. The van der Waals surface area contributed by atoms with Crippen LogP contribution in [-0.2, 0) is 23.7 Å². The average Bonchev–Trinajstić information content (AvgIpc) is 2.68. The van der Waals surface area contributed by atoms with Crippen LogP contribution in [0.25, 0.3) is 0 Å². The first kappa shape index (κ1) is 14.2. The summed E-state index contributed by atoms with van der Waals surface area (Å²) in [6, 6.07) is 0. The zero-order valence-corrected chi connectivity index (χ0v) is 11.5.